The maximum Gasteiger partial charge on any atom is 0.191 e. The van der Waals surface area contributed by atoms with Gasteiger partial charge < -0.3 is 25.0 Å². The lowest BCUT2D eigenvalue weighted by Gasteiger charge is -2.26. The van der Waals surface area contributed by atoms with Crippen LogP contribution in [0, 0.1) is 5.82 Å². The van der Waals surface area contributed by atoms with Gasteiger partial charge in [-0.1, -0.05) is 24.3 Å². The standard InChI is InChI=1S/C22H31FN4O2/c1-16(29-21-12-7-6-11-20(21)28-5)14-25-22(24-2)26-15-19(27(3)4)17-9-8-10-18(23)13-17/h6-13,16,19H,14-15H2,1-5H3,(H2,24,25,26). The van der Waals surface area contributed by atoms with Crippen LogP contribution in [0.2, 0.25) is 0 Å². The molecule has 2 atom stereocenters. The molecular formula is C22H31FN4O2. The molecule has 2 aromatic carbocycles. The fourth-order valence-electron chi connectivity index (χ4n) is 2.94. The van der Waals surface area contributed by atoms with E-state index in [1.54, 1.807) is 26.3 Å². The minimum atomic E-state index is -0.237. The second-order valence-corrected chi connectivity index (χ2v) is 6.95. The number of hydrogen-bond donors (Lipinski definition) is 2. The predicted molar refractivity (Wildman–Crippen MR) is 115 cm³/mol. The Morgan fingerprint density at radius 3 is 2.38 bits per heavy atom. The molecule has 2 rings (SSSR count). The van der Waals surface area contributed by atoms with E-state index in [-0.39, 0.29) is 18.0 Å². The molecule has 0 bridgehead atoms. The van der Waals surface area contributed by atoms with Gasteiger partial charge in [0, 0.05) is 13.6 Å². The molecule has 0 aliphatic heterocycles. The maximum atomic E-state index is 13.6. The molecule has 0 heterocycles. The number of nitrogens with zero attached hydrogens (tertiary/aromatic N) is 2. The average molecular weight is 403 g/mol. The van der Waals surface area contributed by atoms with Gasteiger partial charge in [0.25, 0.3) is 0 Å². The minimum Gasteiger partial charge on any atom is -0.493 e. The first-order valence-electron chi connectivity index (χ1n) is 9.60. The Morgan fingerprint density at radius 1 is 1.07 bits per heavy atom. The van der Waals surface area contributed by atoms with E-state index in [4.69, 9.17) is 9.47 Å². The molecular weight excluding hydrogens is 371 g/mol. The molecule has 2 unspecified atom stereocenters. The fourth-order valence-corrected chi connectivity index (χ4v) is 2.94. The van der Waals surface area contributed by atoms with E-state index < -0.39 is 0 Å². The summed E-state index contributed by atoms with van der Waals surface area (Å²) in [6.45, 7) is 3.12. The van der Waals surface area contributed by atoms with E-state index in [9.17, 15) is 4.39 Å². The van der Waals surface area contributed by atoms with Crippen LogP contribution < -0.4 is 20.1 Å². The van der Waals surface area contributed by atoms with Gasteiger partial charge in [0.1, 0.15) is 11.9 Å². The second kappa shape index (κ2) is 11.3. The largest absolute Gasteiger partial charge is 0.493 e. The normalized spacial score (nSPS) is 13.7. The van der Waals surface area contributed by atoms with Crippen molar-refractivity contribution in [1.29, 1.82) is 0 Å². The monoisotopic (exact) mass is 402 g/mol. The van der Waals surface area contributed by atoms with Crippen molar-refractivity contribution in [3.05, 3.63) is 59.9 Å². The molecule has 0 spiro atoms. The number of hydrogen-bond acceptors (Lipinski definition) is 4. The number of para-hydroxylation sites is 2. The molecule has 0 amide bonds. The van der Waals surface area contributed by atoms with Crippen molar-refractivity contribution in [1.82, 2.24) is 15.5 Å². The van der Waals surface area contributed by atoms with E-state index in [2.05, 4.69) is 15.6 Å². The highest BCUT2D eigenvalue weighted by molar-refractivity contribution is 5.79. The molecule has 2 aromatic rings. The first kappa shape index (κ1) is 22.5. The van der Waals surface area contributed by atoms with Crippen molar-refractivity contribution >= 4 is 5.96 Å². The van der Waals surface area contributed by atoms with E-state index in [0.29, 0.717) is 30.5 Å². The molecule has 0 fully saturated rings. The molecule has 0 radical (unpaired) electrons. The van der Waals surface area contributed by atoms with Crippen molar-refractivity contribution in [2.75, 3.05) is 41.3 Å². The van der Waals surface area contributed by atoms with Crippen molar-refractivity contribution in [3.63, 3.8) is 0 Å². The highest BCUT2D eigenvalue weighted by atomic mass is 19.1. The van der Waals surface area contributed by atoms with Crippen molar-refractivity contribution in [2.24, 2.45) is 4.99 Å². The number of aliphatic imine (C=N–C) groups is 1. The van der Waals surface area contributed by atoms with Crippen molar-refractivity contribution in [3.8, 4) is 11.5 Å². The van der Waals surface area contributed by atoms with E-state index in [1.165, 1.54) is 6.07 Å². The summed E-state index contributed by atoms with van der Waals surface area (Å²) in [5.41, 5.74) is 0.908. The molecule has 158 valence electrons. The van der Waals surface area contributed by atoms with Crippen molar-refractivity contribution in [2.45, 2.75) is 19.1 Å². The summed E-state index contributed by atoms with van der Waals surface area (Å²) in [6, 6.07) is 14.2. The molecule has 0 saturated heterocycles. The van der Waals surface area contributed by atoms with Crippen LogP contribution in [0.15, 0.2) is 53.5 Å². The van der Waals surface area contributed by atoms with Crippen LogP contribution in [-0.2, 0) is 0 Å². The van der Waals surface area contributed by atoms with Crippen LogP contribution in [0.25, 0.3) is 0 Å². The number of ether oxygens (including phenoxy) is 2. The highest BCUT2D eigenvalue weighted by Crippen LogP contribution is 2.26. The van der Waals surface area contributed by atoms with Crippen molar-refractivity contribution < 1.29 is 13.9 Å². The lowest BCUT2D eigenvalue weighted by Crippen LogP contribution is -2.44. The van der Waals surface area contributed by atoms with Gasteiger partial charge in [0.2, 0.25) is 0 Å². The summed E-state index contributed by atoms with van der Waals surface area (Å²) in [5.74, 6) is 1.82. The third-order valence-electron chi connectivity index (χ3n) is 4.50. The number of nitrogens with one attached hydrogen (secondary N) is 2. The zero-order valence-electron chi connectivity index (χ0n) is 17.8. The van der Waals surface area contributed by atoms with Gasteiger partial charge in [0.05, 0.1) is 19.7 Å². The quantitative estimate of drug-likeness (QED) is 0.499. The summed E-state index contributed by atoms with van der Waals surface area (Å²) in [7, 11) is 7.28. The third kappa shape index (κ3) is 6.94. The van der Waals surface area contributed by atoms with Gasteiger partial charge in [0.15, 0.2) is 17.5 Å². The third-order valence-corrected chi connectivity index (χ3v) is 4.50. The van der Waals surface area contributed by atoms with Crippen LogP contribution in [0.3, 0.4) is 0 Å². The summed E-state index contributed by atoms with van der Waals surface area (Å²) in [4.78, 5) is 6.31. The van der Waals surface area contributed by atoms with Crippen LogP contribution >= 0.6 is 0 Å². The Bertz CT molecular complexity index is 798. The number of methoxy groups -OCH3 is 1. The van der Waals surface area contributed by atoms with E-state index in [0.717, 1.165) is 5.56 Å². The van der Waals surface area contributed by atoms with Gasteiger partial charge in [-0.2, -0.15) is 0 Å². The summed E-state index contributed by atoms with van der Waals surface area (Å²) < 4.78 is 24.9. The number of guanidine groups is 1. The first-order valence-corrected chi connectivity index (χ1v) is 9.60. The number of benzene rings is 2. The van der Waals surface area contributed by atoms with Crippen LogP contribution in [0.4, 0.5) is 4.39 Å². The highest BCUT2D eigenvalue weighted by Gasteiger charge is 2.16. The van der Waals surface area contributed by atoms with Crippen LogP contribution in [0.1, 0.15) is 18.5 Å². The number of rotatable bonds is 9. The van der Waals surface area contributed by atoms with Gasteiger partial charge in [-0.3, -0.25) is 4.99 Å². The molecule has 7 heteroatoms. The topological polar surface area (TPSA) is 58.1 Å². The van der Waals surface area contributed by atoms with E-state index >= 15 is 0 Å². The summed E-state index contributed by atoms with van der Waals surface area (Å²) >= 11 is 0. The summed E-state index contributed by atoms with van der Waals surface area (Å²) in [5, 5.41) is 6.57. The Labute approximate surface area is 172 Å². The van der Waals surface area contributed by atoms with Gasteiger partial charge >= 0.3 is 0 Å². The smallest absolute Gasteiger partial charge is 0.191 e. The second-order valence-electron chi connectivity index (χ2n) is 6.95. The molecule has 0 aliphatic rings. The number of halogens is 1. The molecule has 0 aromatic heterocycles. The SMILES string of the molecule is CN=C(NCC(C)Oc1ccccc1OC)NCC(c1cccc(F)c1)N(C)C. The number of likely N-dealkylation sites (N-methyl/N-ethyl adjacent to an activating group) is 1. The average Bonchev–Trinajstić information content (AvgIpc) is 2.70. The predicted octanol–water partition coefficient (Wildman–Crippen LogP) is 3.07. The Morgan fingerprint density at radius 2 is 1.76 bits per heavy atom. The zero-order valence-corrected chi connectivity index (χ0v) is 17.8. The van der Waals surface area contributed by atoms with Crippen LogP contribution in [0.5, 0.6) is 11.5 Å². The Balaban J connectivity index is 1.89. The lowest BCUT2D eigenvalue weighted by atomic mass is 10.1. The zero-order chi connectivity index (χ0) is 21.2. The Hall–Kier alpha value is -2.80. The van der Waals surface area contributed by atoms with Gasteiger partial charge in [-0.05, 0) is 50.8 Å². The van der Waals surface area contributed by atoms with Gasteiger partial charge in [-0.25, -0.2) is 4.39 Å². The maximum absolute atomic E-state index is 13.6. The summed E-state index contributed by atoms with van der Waals surface area (Å²) in [6.07, 6.45) is -0.0993. The van der Waals surface area contributed by atoms with Crippen LogP contribution in [-0.4, -0.2) is 58.3 Å². The first-order chi connectivity index (χ1) is 13.9. The molecule has 29 heavy (non-hydrogen) atoms. The molecule has 0 saturated carbocycles. The minimum absolute atomic E-state index is 0.00602. The molecule has 6 nitrogen and oxygen atoms in total. The fraction of sp³-hybridized carbons (Fsp3) is 0.409. The lowest BCUT2D eigenvalue weighted by molar-refractivity contribution is 0.213. The van der Waals surface area contributed by atoms with E-state index in [1.807, 2.05) is 56.3 Å². The van der Waals surface area contributed by atoms with Gasteiger partial charge in [-0.15, -0.1) is 0 Å². The molecule has 2 N–H and O–H groups in total. The molecule has 0 aliphatic carbocycles. The Kier molecular flexibility index (Phi) is 8.73.